The van der Waals surface area contributed by atoms with Crippen molar-refractivity contribution in [2.45, 2.75) is 40.0 Å². The fourth-order valence-corrected chi connectivity index (χ4v) is 3.17. The maximum absolute atomic E-state index is 12.6. The Hall–Kier alpha value is -1.76. The zero-order chi connectivity index (χ0) is 19.1. The Morgan fingerprint density at radius 3 is 2.56 bits per heavy atom. The highest BCUT2D eigenvalue weighted by atomic mass is 35.5. The number of thiophene rings is 1. The number of nitrogens with two attached hydrogens (primary N) is 1. The van der Waals surface area contributed by atoms with Crippen molar-refractivity contribution in [3.63, 3.8) is 0 Å². The summed E-state index contributed by atoms with van der Waals surface area (Å²) >= 11 is 1.66. The molecule has 7 heteroatoms. The van der Waals surface area contributed by atoms with Crippen LogP contribution in [0.4, 0.5) is 0 Å². The molecule has 2 atom stereocenters. The Morgan fingerprint density at radius 1 is 1.26 bits per heavy atom. The monoisotopic (exact) mass is 412 g/mol. The van der Waals surface area contributed by atoms with Gasteiger partial charge in [-0.2, -0.15) is 0 Å². The van der Waals surface area contributed by atoms with E-state index >= 15 is 0 Å². The molecule has 150 valence electrons. The van der Waals surface area contributed by atoms with E-state index in [-0.39, 0.29) is 30.3 Å². The summed E-state index contributed by atoms with van der Waals surface area (Å²) in [7, 11) is 1.62. The predicted octanol–water partition coefficient (Wildman–Crippen LogP) is 4.09. The lowest BCUT2D eigenvalue weighted by atomic mass is 10.0. The Bertz CT molecular complexity index is 707. The van der Waals surface area contributed by atoms with Crippen LogP contribution in [0.5, 0.6) is 11.5 Å². The van der Waals surface area contributed by atoms with Gasteiger partial charge in [-0.3, -0.25) is 4.79 Å². The summed E-state index contributed by atoms with van der Waals surface area (Å²) in [5.74, 6) is 1.23. The van der Waals surface area contributed by atoms with Crippen LogP contribution in [0.15, 0.2) is 35.7 Å². The molecule has 2 unspecified atom stereocenters. The summed E-state index contributed by atoms with van der Waals surface area (Å²) in [6, 6.07) is 9.67. The maximum atomic E-state index is 12.6. The molecule has 1 aromatic heterocycles. The zero-order valence-electron chi connectivity index (χ0n) is 16.3. The molecule has 0 aliphatic carbocycles. The van der Waals surface area contributed by atoms with Crippen molar-refractivity contribution in [3.05, 3.63) is 46.2 Å². The Kier molecular flexibility index (Phi) is 9.63. The molecule has 2 N–H and O–H groups in total. The normalized spacial score (nSPS) is 12.6. The van der Waals surface area contributed by atoms with Gasteiger partial charge in [-0.15, -0.1) is 23.7 Å². The van der Waals surface area contributed by atoms with Gasteiger partial charge in [0.1, 0.15) is 6.61 Å². The van der Waals surface area contributed by atoms with Crippen LogP contribution in [0.1, 0.15) is 31.2 Å². The van der Waals surface area contributed by atoms with Crippen molar-refractivity contribution in [1.29, 1.82) is 0 Å². The maximum Gasteiger partial charge on any atom is 0.227 e. The molecule has 0 saturated carbocycles. The number of ether oxygens (including phenoxy) is 2. The number of hydrogen-bond acceptors (Lipinski definition) is 5. The minimum absolute atomic E-state index is 0. The van der Waals surface area contributed by atoms with E-state index in [1.807, 2.05) is 61.4 Å². The molecular formula is C20H29ClN2O3S. The highest BCUT2D eigenvalue weighted by molar-refractivity contribution is 7.09. The van der Waals surface area contributed by atoms with Crippen LogP contribution in [0.25, 0.3) is 0 Å². The van der Waals surface area contributed by atoms with Crippen LogP contribution in [-0.4, -0.2) is 30.5 Å². The summed E-state index contributed by atoms with van der Waals surface area (Å²) in [5.41, 5.74) is 6.88. The average molecular weight is 413 g/mol. The number of hydrogen-bond donors (Lipinski definition) is 1. The SMILES string of the molecule is CCN(Cc1ccc(OCc2cccs2)c(OC)c1)C(=O)C(C)C(C)N.Cl. The van der Waals surface area contributed by atoms with Gasteiger partial charge in [-0.05, 0) is 43.0 Å². The van der Waals surface area contributed by atoms with E-state index in [1.54, 1.807) is 18.4 Å². The van der Waals surface area contributed by atoms with E-state index in [4.69, 9.17) is 15.2 Å². The van der Waals surface area contributed by atoms with Crippen molar-refractivity contribution in [1.82, 2.24) is 4.90 Å². The van der Waals surface area contributed by atoms with Crippen LogP contribution in [0, 0.1) is 5.92 Å². The molecule has 0 radical (unpaired) electrons. The Balaban J connectivity index is 0.00000364. The lowest BCUT2D eigenvalue weighted by Gasteiger charge is -2.26. The van der Waals surface area contributed by atoms with Crippen LogP contribution in [-0.2, 0) is 17.9 Å². The van der Waals surface area contributed by atoms with E-state index in [2.05, 4.69) is 0 Å². The first kappa shape index (κ1) is 23.3. The van der Waals surface area contributed by atoms with Gasteiger partial charge < -0.3 is 20.1 Å². The number of rotatable bonds is 9. The quantitative estimate of drug-likeness (QED) is 0.673. The number of nitrogens with zero attached hydrogens (tertiary/aromatic N) is 1. The molecule has 1 aromatic carbocycles. The van der Waals surface area contributed by atoms with Crippen molar-refractivity contribution in [3.8, 4) is 11.5 Å². The molecule has 2 aromatic rings. The largest absolute Gasteiger partial charge is 0.493 e. The molecule has 27 heavy (non-hydrogen) atoms. The summed E-state index contributed by atoms with van der Waals surface area (Å²) in [4.78, 5) is 15.5. The highest BCUT2D eigenvalue weighted by Crippen LogP contribution is 2.30. The summed E-state index contributed by atoms with van der Waals surface area (Å²) in [5, 5.41) is 2.03. The number of halogens is 1. The first-order chi connectivity index (χ1) is 12.5. The van der Waals surface area contributed by atoms with Gasteiger partial charge in [0.2, 0.25) is 5.91 Å². The van der Waals surface area contributed by atoms with Crippen molar-refractivity contribution < 1.29 is 14.3 Å². The second-order valence-corrected chi connectivity index (χ2v) is 7.39. The summed E-state index contributed by atoms with van der Waals surface area (Å²) in [6.45, 7) is 7.38. The molecule has 0 aliphatic heterocycles. The number of amides is 1. The Morgan fingerprint density at radius 2 is 2.00 bits per heavy atom. The minimum atomic E-state index is -0.203. The molecule has 0 aliphatic rings. The highest BCUT2D eigenvalue weighted by Gasteiger charge is 2.22. The summed E-state index contributed by atoms with van der Waals surface area (Å²) < 4.78 is 11.3. The molecule has 2 rings (SSSR count). The van der Waals surface area contributed by atoms with Gasteiger partial charge in [0.15, 0.2) is 11.5 Å². The third-order valence-electron chi connectivity index (χ3n) is 4.42. The second-order valence-electron chi connectivity index (χ2n) is 6.35. The van der Waals surface area contributed by atoms with Crippen molar-refractivity contribution in [2.24, 2.45) is 11.7 Å². The lowest BCUT2D eigenvalue weighted by molar-refractivity contribution is -0.135. The fraction of sp³-hybridized carbons (Fsp3) is 0.450. The number of methoxy groups -OCH3 is 1. The first-order valence-corrected chi connectivity index (χ1v) is 9.70. The molecule has 0 bridgehead atoms. The van der Waals surface area contributed by atoms with Crippen LogP contribution >= 0.6 is 23.7 Å². The summed E-state index contributed by atoms with van der Waals surface area (Å²) in [6.07, 6.45) is 0. The van der Waals surface area contributed by atoms with Crippen LogP contribution < -0.4 is 15.2 Å². The number of carbonyl (C=O) groups excluding carboxylic acids is 1. The number of carbonyl (C=O) groups is 1. The molecule has 1 amide bonds. The van der Waals surface area contributed by atoms with Crippen molar-refractivity contribution >= 4 is 29.7 Å². The topological polar surface area (TPSA) is 64.8 Å². The molecule has 0 fully saturated rings. The first-order valence-electron chi connectivity index (χ1n) is 8.82. The smallest absolute Gasteiger partial charge is 0.227 e. The van der Waals surface area contributed by atoms with E-state index in [0.29, 0.717) is 31.2 Å². The van der Waals surface area contributed by atoms with Gasteiger partial charge >= 0.3 is 0 Å². The van der Waals surface area contributed by atoms with E-state index in [1.165, 1.54) is 0 Å². The van der Waals surface area contributed by atoms with Gasteiger partial charge in [0, 0.05) is 24.0 Å². The van der Waals surface area contributed by atoms with Crippen LogP contribution in [0.2, 0.25) is 0 Å². The van der Waals surface area contributed by atoms with E-state index < -0.39 is 0 Å². The standard InChI is InChI=1S/C20H28N2O3S.ClH/c1-5-22(20(23)14(2)15(3)21)12-16-8-9-18(19(11-16)24-4)25-13-17-7-6-10-26-17;/h6-11,14-15H,5,12-13,21H2,1-4H3;1H. The Labute approximate surface area is 171 Å². The lowest BCUT2D eigenvalue weighted by Crippen LogP contribution is -2.41. The van der Waals surface area contributed by atoms with Gasteiger partial charge in [0.25, 0.3) is 0 Å². The molecule has 0 spiro atoms. The van der Waals surface area contributed by atoms with Gasteiger partial charge in [0.05, 0.1) is 13.0 Å². The minimum Gasteiger partial charge on any atom is -0.493 e. The van der Waals surface area contributed by atoms with Gasteiger partial charge in [-0.1, -0.05) is 19.1 Å². The van der Waals surface area contributed by atoms with Crippen molar-refractivity contribution in [2.75, 3.05) is 13.7 Å². The zero-order valence-corrected chi connectivity index (χ0v) is 17.9. The van der Waals surface area contributed by atoms with Crippen LogP contribution in [0.3, 0.4) is 0 Å². The number of benzene rings is 1. The van der Waals surface area contributed by atoms with E-state index in [0.717, 1.165) is 10.4 Å². The third kappa shape index (κ3) is 6.41. The predicted molar refractivity (Wildman–Crippen MR) is 113 cm³/mol. The third-order valence-corrected chi connectivity index (χ3v) is 5.27. The fourth-order valence-electron chi connectivity index (χ4n) is 2.55. The van der Waals surface area contributed by atoms with Gasteiger partial charge in [-0.25, -0.2) is 0 Å². The molecule has 5 nitrogen and oxygen atoms in total. The second kappa shape index (κ2) is 11.2. The molecule has 0 saturated heterocycles. The van der Waals surface area contributed by atoms with E-state index in [9.17, 15) is 4.79 Å². The molecular weight excluding hydrogens is 384 g/mol. The average Bonchev–Trinajstić information content (AvgIpc) is 3.17. The molecule has 1 heterocycles.